The van der Waals surface area contributed by atoms with Gasteiger partial charge in [-0.15, -0.1) is 15.3 Å². The second-order valence-corrected chi connectivity index (χ2v) is 13.3. The van der Waals surface area contributed by atoms with Gasteiger partial charge in [0.2, 0.25) is 0 Å². The first-order valence-corrected chi connectivity index (χ1v) is 16.9. The van der Waals surface area contributed by atoms with Crippen molar-refractivity contribution in [3.63, 3.8) is 0 Å². The normalized spacial score (nSPS) is 12.6. The van der Waals surface area contributed by atoms with Crippen LogP contribution in [0.3, 0.4) is 0 Å². The maximum atomic E-state index is 12.1. The van der Waals surface area contributed by atoms with E-state index in [2.05, 4.69) is 30.7 Å². The Morgan fingerprint density at radius 2 is 1.23 bits per heavy atom. The summed E-state index contributed by atoms with van der Waals surface area (Å²) in [5.74, 6) is -0.101. The van der Waals surface area contributed by atoms with Gasteiger partial charge in [-0.25, -0.2) is 0 Å². The molecule has 14 nitrogen and oxygen atoms in total. The van der Waals surface area contributed by atoms with Crippen LogP contribution in [0.15, 0.2) is 139 Å². The number of azo groups is 2. The third-order valence-electron chi connectivity index (χ3n) is 7.34. The first-order valence-electron chi connectivity index (χ1n) is 14.0. The molecule has 0 spiro atoms. The van der Waals surface area contributed by atoms with Crippen LogP contribution in [-0.4, -0.2) is 46.0 Å². The molecule has 6 aromatic carbocycles. The first-order chi connectivity index (χ1) is 22.9. The summed E-state index contributed by atoms with van der Waals surface area (Å²) in [6.45, 7) is 0. The van der Waals surface area contributed by atoms with Crippen molar-refractivity contribution in [2.45, 2.75) is 9.79 Å². The highest BCUT2D eigenvalue weighted by Gasteiger charge is 2.23. The summed E-state index contributed by atoms with van der Waals surface area (Å²) in [6, 6.07) is 29.2. The van der Waals surface area contributed by atoms with Gasteiger partial charge in [-0.05, 0) is 84.2 Å². The Balaban J connectivity index is 1.19. The lowest BCUT2D eigenvalue weighted by Crippen LogP contribution is -2.04. The van der Waals surface area contributed by atoms with E-state index in [4.69, 9.17) is 0 Å². The van der Waals surface area contributed by atoms with Crippen molar-refractivity contribution in [1.82, 2.24) is 15.0 Å². The average molecular weight is 680 g/mol. The van der Waals surface area contributed by atoms with Crippen molar-refractivity contribution >= 4 is 75.6 Å². The first kappa shape index (κ1) is 30.7. The molecule has 1 heterocycles. The number of phenolic OH excluding ortho intramolecular Hbond substituents is 1. The molecule has 0 atom stereocenters. The summed E-state index contributed by atoms with van der Waals surface area (Å²) >= 11 is 0. The quantitative estimate of drug-likeness (QED) is 0.111. The van der Waals surface area contributed by atoms with Crippen molar-refractivity contribution in [1.29, 1.82) is 0 Å². The van der Waals surface area contributed by atoms with Crippen molar-refractivity contribution in [3.8, 4) is 11.4 Å². The number of aromatic nitrogens is 3. The largest absolute Gasteiger partial charge is 0.505 e. The SMILES string of the molecule is O=S(=O)(O)c1cc(S(=O)(=O)O)c2ccc3nn(-c4ccc5c(O)c(N=Nc6ccc(N=Nc7ccccc7)cc6)ccc5c4)nc3c2c1. The number of nitrogens with zero attached hydrogens (tertiary/aromatic N) is 7. The molecule has 0 unspecified atom stereocenters. The van der Waals surface area contributed by atoms with Crippen LogP contribution >= 0.6 is 0 Å². The second kappa shape index (κ2) is 11.7. The zero-order valence-electron chi connectivity index (χ0n) is 24.3. The van der Waals surface area contributed by atoms with E-state index < -0.39 is 30.0 Å². The van der Waals surface area contributed by atoms with E-state index in [-0.39, 0.29) is 33.2 Å². The minimum absolute atomic E-state index is 0.0147. The van der Waals surface area contributed by atoms with Crippen LogP contribution in [0.25, 0.3) is 38.3 Å². The zero-order chi connectivity index (χ0) is 33.6. The Hall–Kier alpha value is -5.94. The fourth-order valence-electron chi connectivity index (χ4n) is 5.03. The molecule has 3 N–H and O–H groups in total. The van der Waals surface area contributed by atoms with Gasteiger partial charge in [-0.2, -0.15) is 37.0 Å². The Labute approximate surface area is 271 Å². The predicted molar refractivity (Wildman–Crippen MR) is 176 cm³/mol. The van der Waals surface area contributed by atoms with E-state index in [1.165, 1.54) is 16.9 Å². The van der Waals surface area contributed by atoms with Gasteiger partial charge < -0.3 is 5.11 Å². The minimum atomic E-state index is -4.87. The van der Waals surface area contributed by atoms with Crippen molar-refractivity contribution in [2.24, 2.45) is 20.5 Å². The van der Waals surface area contributed by atoms with Crippen LogP contribution < -0.4 is 0 Å². The van der Waals surface area contributed by atoms with Gasteiger partial charge in [0.1, 0.15) is 21.6 Å². The number of fused-ring (bicyclic) bond motifs is 4. The van der Waals surface area contributed by atoms with E-state index in [0.717, 1.165) is 11.8 Å². The number of rotatable bonds is 7. The van der Waals surface area contributed by atoms with Gasteiger partial charge in [0, 0.05) is 16.2 Å². The number of hydrogen-bond donors (Lipinski definition) is 3. The molecule has 0 bridgehead atoms. The molecule has 0 aliphatic heterocycles. The molecule has 0 saturated heterocycles. The Bertz CT molecular complexity index is 2680. The highest BCUT2D eigenvalue weighted by atomic mass is 32.2. The molecule has 0 amide bonds. The highest BCUT2D eigenvalue weighted by Crippen LogP contribution is 2.37. The topological polar surface area (TPSA) is 209 Å². The molecule has 16 heteroatoms. The summed E-state index contributed by atoms with van der Waals surface area (Å²) in [5.41, 5.74) is 3.02. The molecule has 0 aliphatic rings. The van der Waals surface area contributed by atoms with Gasteiger partial charge in [0.25, 0.3) is 20.2 Å². The zero-order valence-corrected chi connectivity index (χ0v) is 25.9. The van der Waals surface area contributed by atoms with Crippen LogP contribution in [-0.2, 0) is 20.2 Å². The Kier molecular flexibility index (Phi) is 7.48. The lowest BCUT2D eigenvalue weighted by atomic mass is 10.1. The predicted octanol–water partition coefficient (Wildman–Crippen LogP) is 7.76. The molecule has 238 valence electrons. The van der Waals surface area contributed by atoms with Crippen LogP contribution in [0.1, 0.15) is 0 Å². The number of hydrogen-bond acceptors (Lipinski definition) is 11. The van der Waals surface area contributed by atoms with Gasteiger partial charge in [0.15, 0.2) is 5.75 Å². The van der Waals surface area contributed by atoms with Crippen LogP contribution in [0, 0.1) is 0 Å². The third kappa shape index (κ3) is 5.98. The van der Waals surface area contributed by atoms with E-state index in [0.29, 0.717) is 33.9 Å². The molecular weight excluding hydrogens is 659 g/mol. The van der Waals surface area contributed by atoms with E-state index in [1.807, 2.05) is 30.3 Å². The summed E-state index contributed by atoms with van der Waals surface area (Å²) in [4.78, 5) is -0.188. The monoisotopic (exact) mass is 679 g/mol. The second-order valence-electron chi connectivity index (χ2n) is 10.5. The lowest BCUT2D eigenvalue weighted by Gasteiger charge is -2.07. The fraction of sp³-hybridized carbons (Fsp3) is 0. The summed E-state index contributed by atoms with van der Waals surface area (Å²) in [7, 11) is -9.70. The number of phenols is 1. The van der Waals surface area contributed by atoms with Crippen molar-refractivity contribution in [2.75, 3.05) is 0 Å². The van der Waals surface area contributed by atoms with Gasteiger partial charge in [-0.1, -0.05) is 30.3 Å². The molecule has 0 aliphatic carbocycles. The molecule has 0 fully saturated rings. The molecule has 0 saturated carbocycles. The van der Waals surface area contributed by atoms with Gasteiger partial charge in [0.05, 0.1) is 27.6 Å². The number of benzene rings is 6. The summed E-state index contributed by atoms with van der Waals surface area (Å²) in [6.07, 6.45) is 0. The van der Waals surface area contributed by atoms with Crippen LogP contribution in [0.2, 0.25) is 0 Å². The lowest BCUT2D eigenvalue weighted by molar-refractivity contribution is 0.481. The van der Waals surface area contributed by atoms with Crippen molar-refractivity contribution < 1.29 is 31.0 Å². The Morgan fingerprint density at radius 3 is 1.90 bits per heavy atom. The van der Waals surface area contributed by atoms with E-state index >= 15 is 0 Å². The van der Waals surface area contributed by atoms with Crippen LogP contribution in [0.5, 0.6) is 5.75 Å². The average Bonchev–Trinajstić information content (AvgIpc) is 3.52. The highest BCUT2D eigenvalue weighted by molar-refractivity contribution is 7.86. The van der Waals surface area contributed by atoms with Crippen molar-refractivity contribution in [3.05, 3.63) is 109 Å². The maximum absolute atomic E-state index is 12.1. The van der Waals surface area contributed by atoms with Gasteiger partial charge in [-0.3, -0.25) is 9.11 Å². The Morgan fingerprint density at radius 1 is 0.583 bits per heavy atom. The van der Waals surface area contributed by atoms with E-state index in [9.17, 15) is 31.0 Å². The molecule has 7 rings (SSSR count). The summed E-state index contributed by atoms with van der Waals surface area (Å²) < 4.78 is 67.2. The standard InChI is InChI=1S/C32H21N7O7S2/c40-32-25-12-11-23(39-37-28-15-13-26-27(31(28)38-39)17-24(47(41,42)43)18-30(26)48(44,45)46)16-19(25)6-14-29(32)36-35-22-9-7-21(8-10-22)34-33-20-4-2-1-3-5-20/h1-18,40H,(H,41,42,43)(H,44,45,46). The summed E-state index contributed by atoms with van der Waals surface area (Å²) in [5, 5.41) is 37.8. The minimum Gasteiger partial charge on any atom is -0.505 e. The smallest absolute Gasteiger partial charge is 0.295 e. The van der Waals surface area contributed by atoms with Crippen LogP contribution in [0.4, 0.5) is 22.7 Å². The molecular formula is C32H21N7O7S2. The molecule has 48 heavy (non-hydrogen) atoms. The molecule has 7 aromatic rings. The van der Waals surface area contributed by atoms with E-state index in [1.54, 1.807) is 54.6 Å². The molecule has 0 radical (unpaired) electrons. The fourth-order valence-corrected chi connectivity index (χ4v) is 6.37. The molecule has 1 aromatic heterocycles. The third-order valence-corrected chi connectivity index (χ3v) is 9.06. The maximum Gasteiger partial charge on any atom is 0.295 e. The van der Waals surface area contributed by atoms with Gasteiger partial charge >= 0.3 is 0 Å². The number of aromatic hydroxyl groups is 1.